The zero-order valence-corrected chi connectivity index (χ0v) is 11.5. The van der Waals surface area contributed by atoms with Gasteiger partial charge < -0.3 is 14.8 Å². The number of carboxylic acids is 1. The first-order valence-electron chi connectivity index (χ1n) is 6.47. The maximum absolute atomic E-state index is 12.2. The highest BCUT2D eigenvalue weighted by molar-refractivity contribution is 6.00. The molecule has 0 aliphatic heterocycles. The molecule has 0 radical (unpaired) electrons. The summed E-state index contributed by atoms with van der Waals surface area (Å²) in [6, 6.07) is 4.74. The fraction of sp³-hybridized carbons (Fsp3) is 0.357. The highest BCUT2D eigenvalue weighted by Gasteiger charge is 2.65. The van der Waals surface area contributed by atoms with Crippen LogP contribution in [0.2, 0.25) is 0 Å². The minimum absolute atomic E-state index is 0.336. The number of aromatic amines is 1. The molecule has 0 saturated heterocycles. The van der Waals surface area contributed by atoms with Crippen molar-refractivity contribution in [3.63, 3.8) is 0 Å². The number of hydrogen-bond acceptors (Lipinski definition) is 4. The summed E-state index contributed by atoms with van der Waals surface area (Å²) in [6.07, 6.45) is 0. The molecular formula is C14H14N2O5. The molecule has 3 N–H and O–H groups in total. The summed E-state index contributed by atoms with van der Waals surface area (Å²) >= 11 is 0. The van der Waals surface area contributed by atoms with Crippen LogP contribution >= 0.6 is 0 Å². The Bertz CT molecular complexity index is 801. The molecule has 1 saturated carbocycles. The molecule has 2 unspecified atom stereocenters. The van der Waals surface area contributed by atoms with Gasteiger partial charge in [0, 0.05) is 5.69 Å². The normalized spacial score (nSPS) is 23.0. The lowest BCUT2D eigenvalue weighted by atomic mass is 10.1. The fourth-order valence-corrected chi connectivity index (χ4v) is 2.84. The number of anilines is 1. The molecule has 1 heterocycles. The zero-order valence-electron chi connectivity index (χ0n) is 11.5. The lowest BCUT2D eigenvalue weighted by molar-refractivity contribution is -0.140. The number of nitrogens with one attached hydrogen (secondary N) is 2. The molecule has 0 spiro atoms. The Morgan fingerprint density at radius 3 is 2.67 bits per heavy atom. The van der Waals surface area contributed by atoms with Gasteiger partial charge in [-0.2, -0.15) is 0 Å². The van der Waals surface area contributed by atoms with Gasteiger partial charge in [-0.15, -0.1) is 0 Å². The number of H-pyrrole nitrogens is 1. The maximum Gasteiger partial charge on any atom is 0.417 e. The first kappa shape index (κ1) is 13.4. The molecule has 7 nitrogen and oxygen atoms in total. The Morgan fingerprint density at radius 1 is 1.33 bits per heavy atom. The Kier molecular flexibility index (Phi) is 2.69. The highest BCUT2D eigenvalue weighted by atomic mass is 16.4. The Morgan fingerprint density at radius 2 is 2.05 bits per heavy atom. The molecule has 1 fully saturated rings. The Hall–Kier alpha value is -2.57. The topological polar surface area (TPSA) is 112 Å². The van der Waals surface area contributed by atoms with E-state index in [1.807, 2.05) is 0 Å². The molecular weight excluding hydrogens is 276 g/mol. The number of rotatable bonds is 3. The predicted molar refractivity (Wildman–Crippen MR) is 73.9 cm³/mol. The van der Waals surface area contributed by atoms with Crippen LogP contribution in [-0.2, 0) is 9.59 Å². The second kappa shape index (κ2) is 4.21. The molecule has 1 aromatic carbocycles. The first-order valence-corrected chi connectivity index (χ1v) is 6.47. The van der Waals surface area contributed by atoms with Crippen LogP contribution in [0.1, 0.15) is 13.8 Å². The number of benzene rings is 1. The van der Waals surface area contributed by atoms with E-state index >= 15 is 0 Å². The van der Waals surface area contributed by atoms with Crippen LogP contribution in [0.25, 0.3) is 11.1 Å². The minimum Gasteiger partial charge on any atom is -0.481 e. The summed E-state index contributed by atoms with van der Waals surface area (Å²) in [5.74, 6) is -3.10. The molecule has 1 aromatic heterocycles. The van der Waals surface area contributed by atoms with Gasteiger partial charge in [-0.3, -0.25) is 14.6 Å². The van der Waals surface area contributed by atoms with Crippen molar-refractivity contribution >= 4 is 28.7 Å². The van der Waals surface area contributed by atoms with E-state index in [1.54, 1.807) is 32.0 Å². The molecule has 110 valence electrons. The van der Waals surface area contributed by atoms with Crippen molar-refractivity contribution in [1.82, 2.24) is 4.98 Å². The van der Waals surface area contributed by atoms with Crippen LogP contribution in [0.4, 0.5) is 5.69 Å². The van der Waals surface area contributed by atoms with E-state index in [0.717, 1.165) is 0 Å². The van der Waals surface area contributed by atoms with Crippen LogP contribution in [0.5, 0.6) is 0 Å². The van der Waals surface area contributed by atoms with Gasteiger partial charge >= 0.3 is 11.7 Å². The van der Waals surface area contributed by atoms with Crippen molar-refractivity contribution in [1.29, 1.82) is 0 Å². The van der Waals surface area contributed by atoms with Gasteiger partial charge in [0.25, 0.3) is 0 Å². The number of fused-ring (bicyclic) bond motifs is 1. The molecule has 21 heavy (non-hydrogen) atoms. The molecule has 2 aromatic rings. The van der Waals surface area contributed by atoms with Crippen molar-refractivity contribution in [2.24, 2.45) is 17.3 Å². The average molecular weight is 290 g/mol. The van der Waals surface area contributed by atoms with Gasteiger partial charge in [0.1, 0.15) is 0 Å². The van der Waals surface area contributed by atoms with E-state index in [2.05, 4.69) is 10.3 Å². The molecule has 1 aliphatic carbocycles. The third kappa shape index (κ3) is 2.10. The number of aromatic nitrogens is 1. The quantitative estimate of drug-likeness (QED) is 0.791. The Labute approximate surface area is 119 Å². The van der Waals surface area contributed by atoms with E-state index in [-0.39, 0.29) is 5.91 Å². The number of carbonyl (C=O) groups is 2. The van der Waals surface area contributed by atoms with Gasteiger partial charge in [0.2, 0.25) is 5.91 Å². The lowest BCUT2D eigenvalue weighted by Gasteiger charge is -2.05. The minimum atomic E-state index is -0.963. The number of hydrogen-bond donors (Lipinski definition) is 3. The van der Waals surface area contributed by atoms with Crippen molar-refractivity contribution in [3.05, 3.63) is 28.7 Å². The molecule has 1 aliphatic rings. The zero-order chi connectivity index (χ0) is 15.4. The van der Waals surface area contributed by atoms with E-state index in [9.17, 15) is 14.4 Å². The van der Waals surface area contributed by atoms with E-state index in [4.69, 9.17) is 9.52 Å². The van der Waals surface area contributed by atoms with Crippen molar-refractivity contribution in [2.45, 2.75) is 13.8 Å². The largest absolute Gasteiger partial charge is 0.481 e. The summed E-state index contributed by atoms with van der Waals surface area (Å²) in [5, 5.41) is 11.8. The van der Waals surface area contributed by atoms with Crippen LogP contribution in [0, 0.1) is 17.3 Å². The molecule has 2 atom stereocenters. The van der Waals surface area contributed by atoms with Crippen molar-refractivity contribution in [2.75, 3.05) is 5.32 Å². The number of aliphatic carboxylic acids is 1. The molecule has 0 bridgehead atoms. The summed E-state index contributed by atoms with van der Waals surface area (Å²) in [4.78, 5) is 36.8. The van der Waals surface area contributed by atoms with Crippen LogP contribution < -0.4 is 11.1 Å². The summed E-state index contributed by atoms with van der Waals surface area (Å²) in [7, 11) is 0. The average Bonchev–Trinajstić information content (AvgIpc) is 2.77. The smallest absolute Gasteiger partial charge is 0.417 e. The van der Waals surface area contributed by atoms with Crippen LogP contribution in [0.15, 0.2) is 27.4 Å². The van der Waals surface area contributed by atoms with Gasteiger partial charge in [0.05, 0.1) is 17.4 Å². The number of oxazole rings is 1. The monoisotopic (exact) mass is 290 g/mol. The molecule has 3 rings (SSSR count). The Balaban J connectivity index is 1.81. The van der Waals surface area contributed by atoms with Crippen LogP contribution in [-0.4, -0.2) is 22.0 Å². The number of carbonyl (C=O) groups excluding carboxylic acids is 1. The molecule has 1 amide bonds. The van der Waals surface area contributed by atoms with Gasteiger partial charge in [-0.05, 0) is 23.6 Å². The summed E-state index contributed by atoms with van der Waals surface area (Å²) < 4.78 is 4.87. The summed E-state index contributed by atoms with van der Waals surface area (Å²) in [5.41, 5.74) is 0.802. The second-order valence-electron chi connectivity index (χ2n) is 5.83. The third-order valence-electron chi connectivity index (χ3n) is 4.06. The van der Waals surface area contributed by atoms with E-state index in [0.29, 0.717) is 16.8 Å². The first-order chi connectivity index (χ1) is 9.80. The third-order valence-corrected chi connectivity index (χ3v) is 4.06. The SMILES string of the molecule is CC1(C)C(C(=O)O)C1C(=O)Nc1ccc2oc(=O)[nH]c2c1. The van der Waals surface area contributed by atoms with E-state index in [1.165, 1.54) is 0 Å². The number of carboxylic acid groups (broad SMARTS) is 1. The standard InChI is InChI=1S/C14H14N2O5/c1-14(2)9(10(14)12(18)19)11(17)15-6-3-4-8-7(5-6)16-13(20)21-8/h3-5,9-10H,1-2H3,(H,15,17)(H,16,20)(H,18,19). The predicted octanol–water partition coefficient (Wildman–Crippen LogP) is 1.42. The van der Waals surface area contributed by atoms with E-state index < -0.39 is 29.0 Å². The van der Waals surface area contributed by atoms with Crippen LogP contribution in [0.3, 0.4) is 0 Å². The van der Waals surface area contributed by atoms with Gasteiger partial charge in [0.15, 0.2) is 5.58 Å². The second-order valence-corrected chi connectivity index (χ2v) is 5.83. The molecule has 7 heteroatoms. The number of amides is 1. The van der Waals surface area contributed by atoms with Gasteiger partial charge in [-0.25, -0.2) is 4.79 Å². The highest BCUT2D eigenvalue weighted by Crippen LogP contribution is 2.58. The lowest BCUT2D eigenvalue weighted by Crippen LogP contribution is -2.17. The fourth-order valence-electron chi connectivity index (χ4n) is 2.84. The van der Waals surface area contributed by atoms with Crippen molar-refractivity contribution < 1.29 is 19.1 Å². The van der Waals surface area contributed by atoms with Crippen molar-refractivity contribution in [3.8, 4) is 0 Å². The summed E-state index contributed by atoms with van der Waals surface area (Å²) in [6.45, 7) is 3.51. The van der Waals surface area contributed by atoms with Gasteiger partial charge in [-0.1, -0.05) is 13.8 Å². The maximum atomic E-state index is 12.2.